The quantitative estimate of drug-likeness (QED) is 0.890. The van der Waals surface area contributed by atoms with Crippen molar-refractivity contribution in [3.05, 3.63) is 64.2 Å². The molecule has 1 N–H and O–H groups in total. The molecule has 0 spiro atoms. The van der Waals surface area contributed by atoms with Gasteiger partial charge in [0.25, 0.3) is 0 Å². The van der Waals surface area contributed by atoms with Crippen LogP contribution in [0.25, 0.3) is 0 Å². The van der Waals surface area contributed by atoms with Crippen LogP contribution in [0.3, 0.4) is 0 Å². The number of rotatable bonds is 5. The zero-order chi connectivity index (χ0) is 14.5. The van der Waals surface area contributed by atoms with E-state index < -0.39 is 0 Å². The van der Waals surface area contributed by atoms with E-state index in [1.165, 1.54) is 6.20 Å². The average Bonchev–Trinajstić information content (AvgIpc) is 2.44. The molecule has 0 saturated carbocycles. The zero-order valence-corrected chi connectivity index (χ0v) is 12.4. The van der Waals surface area contributed by atoms with E-state index in [1.807, 2.05) is 25.1 Å². The van der Waals surface area contributed by atoms with Crippen molar-refractivity contribution in [2.75, 3.05) is 6.54 Å². The second-order valence-electron chi connectivity index (χ2n) is 4.79. The maximum Gasteiger partial charge on any atom is 0.146 e. The molecule has 4 heteroatoms. The van der Waals surface area contributed by atoms with Crippen molar-refractivity contribution in [1.82, 2.24) is 10.3 Å². The number of hydrogen-bond acceptors (Lipinski definition) is 2. The van der Waals surface area contributed by atoms with Gasteiger partial charge in [-0.2, -0.15) is 0 Å². The van der Waals surface area contributed by atoms with E-state index in [0.717, 1.165) is 24.1 Å². The molecule has 1 heterocycles. The maximum atomic E-state index is 14.0. The Morgan fingerprint density at radius 2 is 2.15 bits per heavy atom. The number of pyridine rings is 1. The van der Waals surface area contributed by atoms with Crippen molar-refractivity contribution in [3.8, 4) is 0 Å². The van der Waals surface area contributed by atoms with Crippen LogP contribution in [-0.2, 0) is 0 Å². The van der Waals surface area contributed by atoms with Gasteiger partial charge in [0, 0.05) is 16.8 Å². The van der Waals surface area contributed by atoms with Gasteiger partial charge in [0.15, 0.2) is 0 Å². The Morgan fingerprint density at radius 3 is 2.80 bits per heavy atom. The smallest absolute Gasteiger partial charge is 0.146 e. The first-order valence-corrected chi connectivity index (χ1v) is 7.10. The topological polar surface area (TPSA) is 24.9 Å². The first kappa shape index (κ1) is 14.9. The predicted molar refractivity (Wildman–Crippen MR) is 80.5 cm³/mol. The summed E-state index contributed by atoms with van der Waals surface area (Å²) in [5.74, 6) is -0.308. The minimum absolute atomic E-state index is 0.212. The molecule has 0 aliphatic rings. The maximum absolute atomic E-state index is 14.0. The largest absolute Gasteiger partial charge is 0.306 e. The zero-order valence-electron chi connectivity index (χ0n) is 11.7. The number of hydrogen-bond donors (Lipinski definition) is 1. The van der Waals surface area contributed by atoms with Gasteiger partial charge in [-0.1, -0.05) is 30.7 Å². The Labute approximate surface area is 124 Å². The number of aromatic nitrogens is 1. The summed E-state index contributed by atoms with van der Waals surface area (Å²) >= 11 is 6.19. The lowest BCUT2D eigenvalue weighted by Crippen LogP contribution is -2.24. The number of nitrogens with zero attached hydrogens (tertiary/aromatic N) is 1. The van der Waals surface area contributed by atoms with Gasteiger partial charge in [0.2, 0.25) is 0 Å². The molecule has 106 valence electrons. The molecule has 2 rings (SSSR count). The van der Waals surface area contributed by atoms with Gasteiger partial charge in [-0.05, 0) is 43.1 Å². The summed E-state index contributed by atoms with van der Waals surface area (Å²) in [7, 11) is 0. The first-order chi connectivity index (χ1) is 9.63. The van der Waals surface area contributed by atoms with Crippen LogP contribution in [0.1, 0.15) is 36.1 Å². The van der Waals surface area contributed by atoms with Crippen molar-refractivity contribution in [2.45, 2.75) is 26.3 Å². The van der Waals surface area contributed by atoms with Crippen LogP contribution in [0.2, 0.25) is 5.02 Å². The lowest BCUT2D eigenvalue weighted by molar-refractivity contribution is 0.543. The summed E-state index contributed by atoms with van der Waals surface area (Å²) < 4.78 is 14.0. The monoisotopic (exact) mass is 292 g/mol. The van der Waals surface area contributed by atoms with Crippen LogP contribution in [0.5, 0.6) is 0 Å². The molecule has 0 bridgehead atoms. The Kier molecular flexibility index (Phi) is 5.10. The molecule has 1 atom stereocenters. The first-order valence-electron chi connectivity index (χ1n) is 6.72. The Bertz CT molecular complexity index is 586. The van der Waals surface area contributed by atoms with E-state index in [2.05, 4.69) is 17.2 Å². The van der Waals surface area contributed by atoms with Crippen molar-refractivity contribution >= 4 is 11.6 Å². The van der Waals surface area contributed by atoms with Crippen molar-refractivity contribution in [1.29, 1.82) is 0 Å². The number of nitrogens with one attached hydrogen (secondary N) is 1. The Hall–Kier alpha value is -1.45. The van der Waals surface area contributed by atoms with E-state index >= 15 is 0 Å². The minimum atomic E-state index is -0.308. The third kappa shape index (κ3) is 3.35. The van der Waals surface area contributed by atoms with Crippen LogP contribution < -0.4 is 5.32 Å². The number of halogens is 2. The van der Waals surface area contributed by atoms with Crippen molar-refractivity contribution in [3.63, 3.8) is 0 Å². The molecule has 0 aliphatic carbocycles. The highest BCUT2D eigenvalue weighted by Gasteiger charge is 2.17. The van der Waals surface area contributed by atoms with Crippen LogP contribution in [-0.4, -0.2) is 11.5 Å². The molecular weight excluding hydrogens is 275 g/mol. The SMILES string of the molecule is CCCNC(c1ccc(C)c(Cl)c1)c1ccncc1F. The van der Waals surface area contributed by atoms with Crippen LogP contribution in [0.15, 0.2) is 36.7 Å². The highest BCUT2D eigenvalue weighted by atomic mass is 35.5. The molecule has 0 saturated heterocycles. The van der Waals surface area contributed by atoms with Crippen LogP contribution in [0.4, 0.5) is 4.39 Å². The summed E-state index contributed by atoms with van der Waals surface area (Å²) in [6, 6.07) is 7.32. The van der Waals surface area contributed by atoms with E-state index in [0.29, 0.717) is 10.6 Å². The lowest BCUT2D eigenvalue weighted by atomic mass is 9.98. The van der Waals surface area contributed by atoms with Gasteiger partial charge in [-0.3, -0.25) is 4.98 Å². The molecule has 1 aromatic carbocycles. The van der Waals surface area contributed by atoms with E-state index in [9.17, 15) is 4.39 Å². The summed E-state index contributed by atoms with van der Waals surface area (Å²) in [5.41, 5.74) is 2.56. The van der Waals surface area contributed by atoms with E-state index in [-0.39, 0.29) is 11.9 Å². The Balaban J connectivity index is 2.41. The summed E-state index contributed by atoms with van der Waals surface area (Å²) in [5, 5.41) is 4.06. The fraction of sp³-hybridized carbons (Fsp3) is 0.312. The van der Waals surface area contributed by atoms with Crippen molar-refractivity contribution in [2.24, 2.45) is 0 Å². The fourth-order valence-electron chi connectivity index (χ4n) is 2.10. The number of benzene rings is 1. The molecule has 0 amide bonds. The standard InChI is InChI=1S/C16H18ClFN2/c1-3-7-20-16(13-6-8-19-10-15(13)18)12-5-4-11(2)14(17)9-12/h4-6,8-10,16,20H,3,7H2,1-2H3. The molecule has 0 fully saturated rings. The fourth-order valence-corrected chi connectivity index (χ4v) is 2.29. The predicted octanol–water partition coefficient (Wildman–Crippen LogP) is 4.27. The molecule has 1 aromatic heterocycles. The van der Waals surface area contributed by atoms with Gasteiger partial charge in [0.05, 0.1) is 12.2 Å². The average molecular weight is 293 g/mol. The van der Waals surface area contributed by atoms with Crippen LogP contribution >= 0.6 is 11.6 Å². The summed E-state index contributed by atoms with van der Waals surface area (Å²) in [6.07, 6.45) is 3.82. The van der Waals surface area contributed by atoms with E-state index in [4.69, 9.17) is 11.6 Å². The lowest BCUT2D eigenvalue weighted by Gasteiger charge is -2.20. The molecule has 0 aliphatic heterocycles. The summed E-state index contributed by atoms with van der Waals surface area (Å²) in [4.78, 5) is 3.80. The summed E-state index contributed by atoms with van der Waals surface area (Å²) in [6.45, 7) is 4.83. The van der Waals surface area contributed by atoms with Gasteiger partial charge in [0.1, 0.15) is 5.82 Å². The van der Waals surface area contributed by atoms with Gasteiger partial charge in [-0.25, -0.2) is 4.39 Å². The second-order valence-corrected chi connectivity index (χ2v) is 5.20. The highest BCUT2D eigenvalue weighted by Crippen LogP contribution is 2.27. The molecule has 1 unspecified atom stereocenters. The second kappa shape index (κ2) is 6.82. The Morgan fingerprint density at radius 1 is 1.35 bits per heavy atom. The third-order valence-corrected chi connectivity index (χ3v) is 3.65. The molecule has 2 nitrogen and oxygen atoms in total. The highest BCUT2D eigenvalue weighted by molar-refractivity contribution is 6.31. The minimum Gasteiger partial charge on any atom is -0.306 e. The van der Waals surface area contributed by atoms with Crippen LogP contribution in [0, 0.1) is 12.7 Å². The van der Waals surface area contributed by atoms with Gasteiger partial charge >= 0.3 is 0 Å². The van der Waals surface area contributed by atoms with Gasteiger partial charge < -0.3 is 5.32 Å². The van der Waals surface area contributed by atoms with Crippen molar-refractivity contribution < 1.29 is 4.39 Å². The molecule has 20 heavy (non-hydrogen) atoms. The number of aryl methyl sites for hydroxylation is 1. The molecule has 2 aromatic rings. The van der Waals surface area contributed by atoms with E-state index in [1.54, 1.807) is 12.3 Å². The van der Waals surface area contributed by atoms with Gasteiger partial charge in [-0.15, -0.1) is 0 Å². The normalized spacial score (nSPS) is 12.4. The molecular formula is C16H18ClFN2. The third-order valence-electron chi connectivity index (χ3n) is 3.24. The molecule has 0 radical (unpaired) electrons.